The van der Waals surface area contributed by atoms with Crippen LogP contribution in [0.5, 0.6) is 11.5 Å². The third kappa shape index (κ3) is 7.39. The Morgan fingerprint density at radius 1 is 0.952 bits per heavy atom. The number of carbonyl (C=O) groups excluding carboxylic acids is 1. The molecule has 4 aromatic rings. The average Bonchev–Trinajstić information content (AvgIpc) is 3.28. The van der Waals surface area contributed by atoms with E-state index < -0.39 is 12.2 Å². The Balaban J connectivity index is 1.41. The molecule has 42 heavy (non-hydrogen) atoms. The predicted molar refractivity (Wildman–Crippen MR) is 151 cm³/mol. The van der Waals surface area contributed by atoms with Crippen LogP contribution < -0.4 is 14.4 Å². The van der Waals surface area contributed by atoms with Gasteiger partial charge in [-0.2, -0.15) is 0 Å². The van der Waals surface area contributed by atoms with Crippen LogP contribution in [0.25, 0.3) is 11.0 Å². The van der Waals surface area contributed by atoms with Crippen molar-refractivity contribution in [1.82, 2.24) is 14.5 Å². The van der Waals surface area contributed by atoms with E-state index in [-0.39, 0.29) is 24.7 Å². The summed E-state index contributed by atoms with van der Waals surface area (Å²) in [6, 6.07) is 18.0. The second-order valence-electron chi connectivity index (χ2n) is 10.3. The first-order valence-corrected chi connectivity index (χ1v) is 13.9. The molecular formula is C31H32F4N4O3. The molecule has 0 amide bonds. The molecule has 222 valence electrons. The number of aromatic nitrogens is 2. The Morgan fingerprint density at radius 3 is 2.33 bits per heavy atom. The fourth-order valence-electron chi connectivity index (χ4n) is 5.11. The van der Waals surface area contributed by atoms with Gasteiger partial charge >= 0.3 is 6.36 Å². The molecule has 1 aliphatic heterocycles. The monoisotopic (exact) mass is 584 g/mol. The van der Waals surface area contributed by atoms with E-state index in [0.717, 1.165) is 6.42 Å². The highest BCUT2D eigenvalue weighted by molar-refractivity contribution is 5.82. The summed E-state index contributed by atoms with van der Waals surface area (Å²) in [4.78, 5) is 20.8. The van der Waals surface area contributed by atoms with E-state index in [9.17, 15) is 18.0 Å². The molecule has 7 nitrogen and oxygen atoms in total. The van der Waals surface area contributed by atoms with Crippen LogP contribution in [0.1, 0.15) is 31.2 Å². The number of carbonyl (C=O) groups is 1. The van der Waals surface area contributed by atoms with Crippen LogP contribution in [0.2, 0.25) is 0 Å². The van der Waals surface area contributed by atoms with Gasteiger partial charge in [-0.25, -0.2) is 9.37 Å². The third-order valence-electron chi connectivity index (χ3n) is 7.15. The van der Waals surface area contributed by atoms with Gasteiger partial charge in [-0.3, -0.25) is 9.69 Å². The zero-order chi connectivity index (χ0) is 29.7. The van der Waals surface area contributed by atoms with E-state index in [1.165, 1.54) is 18.2 Å². The van der Waals surface area contributed by atoms with E-state index >= 15 is 4.39 Å². The van der Waals surface area contributed by atoms with Crippen molar-refractivity contribution in [3.05, 3.63) is 83.9 Å². The molecule has 11 heteroatoms. The smallest absolute Gasteiger partial charge is 0.486 e. The number of imidazole rings is 1. The van der Waals surface area contributed by atoms with Crippen LogP contribution in [-0.4, -0.2) is 59.3 Å². The molecule has 2 heterocycles. The van der Waals surface area contributed by atoms with Crippen molar-refractivity contribution in [2.45, 2.75) is 39.3 Å². The SMILES string of the molecule is CCCC(=O)CN1CCN(c2cc3c(cc2F)nc(COc2ccccc2)n3Cc2ccc(OC(F)(F)F)cc2)CC1. The van der Waals surface area contributed by atoms with Gasteiger partial charge in [-0.05, 0) is 42.3 Å². The molecule has 0 N–H and O–H groups in total. The number of Topliss-reactive ketones (excluding diaryl/α,β-unsaturated/α-hetero) is 1. The highest BCUT2D eigenvalue weighted by Gasteiger charge is 2.31. The Kier molecular flexibility index (Phi) is 8.96. The Hall–Kier alpha value is -4.12. The highest BCUT2D eigenvalue weighted by atomic mass is 19.4. The van der Waals surface area contributed by atoms with E-state index in [2.05, 4.69) is 14.6 Å². The summed E-state index contributed by atoms with van der Waals surface area (Å²) in [5, 5.41) is 0. The number of rotatable bonds is 11. The van der Waals surface area contributed by atoms with Crippen LogP contribution in [0.4, 0.5) is 23.2 Å². The van der Waals surface area contributed by atoms with Crippen molar-refractivity contribution in [3.63, 3.8) is 0 Å². The van der Waals surface area contributed by atoms with Crippen molar-refractivity contribution in [2.24, 2.45) is 0 Å². The van der Waals surface area contributed by atoms with Crippen molar-refractivity contribution in [3.8, 4) is 11.5 Å². The number of nitrogens with zero attached hydrogens (tertiary/aromatic N) is 4. The zero-order valence-electron chi connectivity index (χ0n) is 23.2. The van der Waals surface area contributed by atoms with Crippen molar-refractivity contribution >= 4 is 22.5 Å². The second kappa shape index (κ2) is 12.8. The van der Waals surface area contributed by atoms with Gasteiger partial charge in [0, 0.05) is 45.2 Å². The molecule has 0 unspecified atom stereocenters. The van der Waals surface area contributed by atoms with Crippen LogP contribution in [-0.2, 0) is 17.9 Å². The Labute approximate surface area is 241 Å². The number of anilines is 1. The average molecular weight is 585 g/mol. The van der Waals surface area contributed by atoms with Crippen LogP contribution >= 0.6 is 0 Å². The number of ketones is 1. The first kappa shape index (κ1) is 29.4. The maximum Gasteiger partial charge on any atom is 0.573 e. The summed E-state index contributed by atoms with van der Waals surface area (Å²) >= 11 is 0. The van der Waals surface area contributed by atoms with E-state index in [1.807, 2.05) is 46.7 Å². The molecule has 0 aliphatic carbocycles. The fraction of sp³-hybridized carbons (Fsp3) is 0.355. The lowest BCUT2D eigenvalue weighted by Crippen LogP contribution is -2.48. The summed E-state index contributed by atoms with van der Waals surface area (Å²) in [7, 11) is 0. The number of ether oxygens (including phenoxy) is 2. The molecule has 1 aromatic heterocycles. The predicted octanol–water partition coefficient (Wildman–Crippen LogP) is 6.19. The van der Waals surface area contributed by atoms with Crippen molar-refractivity contribution < 1.29 is 31.8 Å². The van der Waals surface area contributed by atoms with E-state index in [0.29, 0.717) is 73.0 Å². The number of halogens is 4. The molecule has 0 radical (unpaired) electrons. The Bertz CT molecular complexity index is 1500. The number of hydrogen-bond donors (Lipinski definition) is 0. The van der Waals surface area contributed by atoms with Crippen LogP contribution in [0.3, 0.4) is 0 Å². The van der Waals surface area contributed by atoms with Gasteiger partial charge in [0.15, 0.2) is 0 Å². The first-order valence-electron chi connectivity index (χ1n) is 13.9. The molecule has 0 spiro atoms. The van der Waals surface area contributed by atoms with Gasteiger partial charge in [-0.15, -0.1) is 13.2 Å². The number of alkyl halides is 3. The summed E-state index contributed by atoms with van der Waals surface area (Å²) in [6.07, 6.45) is -3.40. The maximum atomic E-state index is 15.4. The van der Waals surface area contributed by atoms with Gasteiger partial charge in [0.25, 0.3) is 0 Å². The zero-order valence-corrected chi connectivity index (χ0v) is 23.2. The molecule has 0 atom stereocenters. The maximum absolute atomic E-state index is 15.4. The lowest BCUT2D eigenvalue weighted by molar-refractivity contribution is -0.274. The molecule has 0 saturated carbocycles. The molecule has 5 rings (SSSR count). The number of piperazine rings is 1. The summed E-state index contributed by atoms with van der Waals surface area (Å²) < 4.78 is 65.1. The van der Waals surface area contributed by atoms with Gasteiger partial charge in [0.1, 0.15) is 35.5 Å². The van der Waals surface area contributed by atoms with E-state index in [4.69, 9.17) is 4.74 Å². The molecule has 1 fully saturated rings. The topological polar surface area (TPSA) is 59.8 Å². The molecule has 1 saturated heterocycles. The standard InChI is InChI=1S/C31H32F4N4O3/c1-2-6-23(40)20-37-13-15-38(16-14-37)28-18-29-27(17-26(28)32)36-30(21-41-24-7-4-3-5-8-24)39(29)19-22-9-11-25(12-10-22)42-31(33,34)35/h3-5,7-12,17-18H,2,6,13-16,19-21H2,1H3. The summed E-state index contributed by atoms with van der Waals surface area (Å²) in [6.45, 7) is 5.21. The van der Waals surface area contributed by atoms with Gasteiger partial charge in [-0.1, -0.05) is 37.3 Å². The lowest BCUT2D eigenvalue weighted by atomic mass is 10.1. The van der Waals surface area contributed by atoms with Crippen LogP contribution in [0, 0.1) is 5.82 Å². The molecular weight excluding hydrogens is 552 g/mol. The lowest BCUT2D eigenvalue weighted by Gasteiger charge is -2.36. The minimum absolute atomic E-state index is 0.107. The number of benzene rings is 3. The highest BCUT2D eigenvalue weighted by Crippen LogP contribution is 2.30. The Morgan fingerprint density at radius 2 is 1.67 bits per heavy atom. The normalized spacial score (nSPS) is 14.4. The minimum atomic E-state index is -4.78. The van der Waals surface area contributed by atoms with Gasteiger partial charge < -0.3 is 18.9 Å². The second-order valence-corrected chi connectivity index (χ2v) is 10.3. The van der Waals surface area contributed by atoms with Gasteiger partial charge in [0.05, 0.1) is 23.3 Å². The van der Waals surface area contributed by atoms with Crippen molar-refractivity contribution in [1.29, 1.82) is 0 Å². The van der Waals surface area contributed by atoms with Crippen molar-refractivity contribution in [2.75, 3.05) is 37.6 Å². The molecule has 0 bridgehead atoms. The summed E-state index contributed by atoms with van der Waals surface area (Å²) in [5.41, 5.74) is 2.27. The largest absolute Gasteiger partial charge is 0.573 e. The molecule has 1 aliphatic rings. The fourth-order valence-corrected chi connectivity index (χ4v) is 5.11. The number of hydrogen-bond acceptors (Lipinski definition) is 6. The van der Waals surface area contributed by atoms with E-state index in [1.54, 1.807) is 18.2 Å². The quantitative estimate of drug-likeness (QED) is 0.196. The number of fused-ring (bicyclic) bond motifs is 1. The first-order chi connectivity index (χ1) is 20.2. The minimum Gasteiger partial charge on any atom is -0.486 e. The number of para-hydroxylation sites is 1. The van der Waals surface area contributed by atoms with Gasteiger partial charge in [0.2, 0.25) is 0 Å². The molecule has 3 aromatic carbocycles. The third-order valence-corrected chi connectivity index (χ3v) is 7.15. The van der Waals surface area contributed by atoms with Crippen LogP contribution in [0.15, 0.2) is 66.7 Å². The summed E-state index contributed by atoms with van der Waals surface area (Å²) in [5.74, 6) is 0.694.